The van der Waals surface area contributed by atoms with E-state index in [1.165, 1.54) is 19.3 Å². The SMILES string of the molecule is COc1ccc(Cl)cc1Nc1ccnc(C(=O)NC2CCCCC2)c1. The molecule has 1 saturated carbocycles. The molecule has 6 heteroatoms. The number of hydrogen-bond acceptors (Lipinski definition) is 4. The lowest BCUT2D eigenvalue weighted by molar-refractivity contribution is 0.0922. The molecule has 25 heavy (non-hydrogen) atoms. The quantitative estimate of drug-likeness (QED) is 0.822. The van der Waals surface area contributed by atoms with E-state index in [9.17, 15) is 4.79 Å². The van der Waals surface area contributed by atoms with Crippen molar-refractivity contribution in [2.45, 2.75) is 38.1 Å². The fraction of sp³-hybridized carbons (Fsp3) is 0.368. The predicted molar refractivity (Wildman–Crippen MR) is 99.9 cm³/mol. The maximum absolute atomic E-state index is 12.4. The van der Waals surface area contributed by atoms with Crippen molar-refractivity contribution in [2.75, 3.05) is 12.4 Å². The molecule has 0 spiro atoms. The van der Waals surface area contributed by atoms with Crippen LogP contribution >= 0.6 is 11.6 Å². The van der Waals surface area contributed by atoms with E-state index in [4.69, 9.17) is 16.3 Å². The number of nitrogens with one attached hydrogen (secondary N) is 2. The second-order valence-electron chi connectivity index (χ2n) is 6.21. The molecule has 2 N–H and O–H groups in total. The molecule has 132 valence electrons. The molecule has 1 aliphatic rings. The van der Waals surface area contributed by atoms with E-state index in [0.717, 1.165) is 24.2 Å². The van der Waals surface area contributed by atoms with Gasteiger partial charge in [-0.05, 0) is 43.2 Å². The lowest BCUT2D eigenvalue weighted by Gasteiger charge is -2.22. The van der Waals surface area contributed by atoms with E-state index < -0.39 is 0 Å². The minimum Gasteiger partial charge on any atom is -0.495 e. The van der Waals surface area contributed by atoms with Gasteiger partial charge in [0.25, 0.3) is 5.91 Å². The molecule has 0 unspecified atom stereocenters. The largest absolute Gasteiger partial charge is 0.495 e. The molecule has 1 aromatic carbocycles. The Morgan fingerprint density at radius 3 is 2.76 bits per heavy atom. The third-order valence-electron chi connectivity index (χ3n) is 4.37. The summed E-state index contributed by atoms with van der Waals surface area (Å²) in [4.78, 5) is 16.6. The van der Waals surface area contributed by atoms with Gasteiger partial charge in [-0.15, -0.1) is 0 Å². The van der Waals surface area contributed by atoms with Crippen molar-refractivity contribution in [3.8, 4) is 5.75 Å². The van der Waals surface area contributed by atoms with Gasteiger partial charge in [0.2, 0.25) is 0 Å². The number of aromatic nitrogens is 1. The summed E-state index contributed by atoms with van der Waals surface area (Å²) in [5, 5.41) is 6.92. The van der Waals surface area contributed by atoms with Gasteiger partial charge in [-0.3, -0.25) is 9.78 Å². The molecule has 1 heterocycles. The minimum absolute atomic E-state index is 0.131. The number of carbonyl (C=O) groups is 1. The van der Waals surface area contributed by atoms with Gasteiger partial charge >= 0.3 is 0 Å². The van der Waals surface area contributed by atoms with Crippen LogP contribution in [0.1, 0.15) is 42.6 Å². The highest BCUT2D eigenvalue weighted by Gasteiger charge is 2.17. The molecule has 1 fully saturated rings. The number of benzene rings is 1. The van der Waals surface area contributed by atoms with Gasteiger partial charge in [-0.25, -0.2) is 0 Å². The highest BCUT2D eigenvalue weighted by molar-refractivity contribution is 6.31. The van der Waals surface area contributed by atoms with Crippen LogP contribution in [0.5, 0.6) is 5.75 Å². The Balaban J connectivity index is 1.73. The molecule has 0 aliphatic heterocycles. The molecule has 1 amide bonds. The molecule has 1 aromatic heterocycles. The van der Waals surface area contributed by atoms with Crippen LogP contribution in [0.2, 0.25) is 5.02 Å². The normalized spacial score (nSPS) is 14.8. The summed E-state index contributed by atoms with van der Waals surface area (Å²) in [6.07, 6.45) is 7.32. The standard InChI is InChI=1S/C19H22ClN3O2/c1-25-18-8-7-13(20)11-16(18)22-15-9-10-21-17(12-15)19(24)23-14-5-3-2-4-6-14/h7-12,14H,2-6H2,1H3,(H,21,22)(H,23,24). The maximum Gasteiger partial charge on any atom is 0.270 e. The van der Waals surface area contributed by atoms with Crippen LogP contribution in [-0.2, 0) is 0 Å². The molecule has 0 atom stereocenters. The second kappa shape index (κ2) is 8.21. The molecular weight excluding hydrogens is 338 g/mol. The first-order valence-corrected chi connectivity index (χ1v) is 8.91. The minimum atomic E-state index is -0.131. The van der Waals surface area contributed by atoms with Gasteiger partial charge in [0.1, 0.15) is 11.4 Å². The van der Waals surface area contributed by atoms with Crippen molar-refractivity contribution in [1.82, 2.24) is 10.3 Å². The Bertz CT molecular complexity index is 745. The second-order valence-corrected chi connectivity index (χ2v) is 6.64. The van der Waals surface area contributed by atoms with Crippen LogP contribution < -0.4 is 15.4 Å². The highest BCUT2D eigenvalue weighted by Crippen LogP contribution is 2.30. The number of hydrogen-bond donors (Lipinski definition) is 2. The maximum atomic E-state index is 12.4. The number of nitrogens with zero attached hydrogens (tertiary/aromatic N) is 1. The van der Waals surface area contributed by atoms with Crippen LogP contribution in [0.15, 0.2) is 36.5 Å². The number of pyridine rings is 1. The van der Waals surface area contributed by atoms with Crippen LogP contribution in [0.4, 0.5) is 11.4 Å². The third-order valence-corrected chi connectivity index (χ3v) is 4.61. The summed E-state index contributed by atoms with van der Waals surface area (Å²) in [6.45, 7) is 0. The summed E-state index contributed by atoms with van der Waals surface area (Å²) >= 11 is 6.06. The van der Waals surface area contributed by atoms with E-state index >= 15 is 0 Å². The van der Waals surface area contributed by atoms with Crippen LogP contribution in [0.25, 0.3) is 0 Å². The van der Waals surface area contributed by atoms with E-state index in [-0.39, 0.29) is 11.9 Å². The lowest BCUT2D eigenvalue weighted by atomic mass is 9.95. The number of ether oxygens (including phenoxy) is 1. The van der Waals surface area contributed by atoms with Crippen molar-refractivity contribution in [3.05, 3.63) is 47.2 Å². The van der Waals surface area contributed by atoms with E-state index in [1.807, 2.05) is 0 Å². The number of carbonyl (C=O) groups excluding carboxylic acids is 1. The summed E-state index contributed by atoms with van der Waals surface area (Å²) in [5.41, 5.74) is 1.89. The molecule has 0 radical (unpaired) electrons. The Kier molecular flexibility index (Phi) is 5.76. The highest BCUT2D eigenvalue weighted by atomic mass is 35.5. The molecule has 0 saturated heterocycles. The van der Waals surface area contributed by atoms with Gasteiger partial charge in [0.05, 0.1) is 12.8 Å². The molecule has 0 bridgehead atoms. The van der Waals surface area contributed by atoms with Crippen molar-refractivity contribution >= 4 is 28.9 Å². The lowest BCUT2D eigenvalue weighted by Crippen LogP contribution is -2.36. The number of anilines is 2. The molecule has 3 rings (SSSR count). The molecule has 5 nitrogen and oxygen atoms in total. The van der Waals surface area contributed by atoms with Gasteiger partial charge in [0.15, 0.2) is 0 Å². The zero-order chi connectivity index (χ0) is 17.6. The first-order valence-electron chi connectivity index (χ1n) is 8.53. The van der Waals surface area contributed by atoms with Crippen molar-refractivity contribution in [2.24, 2.45) is 0 Å². The summed E-state index contributed by atoms with van der Waals surface area (Å²) in [5.74, 6) is 0.544. The summed E-state index contributed by atoms with van der Waals surface area (Å²) in [7, 11) is 1.60. The number of methoxy groups -OCH3 is 1. The Morgan fingerprint density at radius 2 is 2.00 bits per heavy atom. The summed E-state index contributed by atoms with van der Waals surface area (Å²) in [6, 6.07) is 9.13. The predicted octanol–water partition coefficient (Wildman–Crippen LogP) is 4.55. The average molecular weight is 360 g/mol. The van der Waals surface area contributed by atoms with Crippen LogP contribution in [0, 0.1) is 0 Å². The average Bonchev–Trinajstić information content (AvgIpc) is 2.63. The zero-order valence-corrected chi connectivity index (χ0v) is 15.0. The Labute approximate surface area is 152 Å². The molecule has 2 aromatic rings. The van der Waals surface area contributed by atoms with E-state index in [0.29, 0.717) is 16.5 Å². The first kappa shape index (κ1) is 17.5. The van der Waals surface area contributed by atoms with Crippen LogP contribution in [0.3, 0.4) is 0 Å². The summed E-state index contributed by atoms with van der Waals surface area (Å²) < 4.78 is 5.33. The Morgan fingerprint density at radius 1 is 1.20 bits per heavy atom. The van der Waals surface area contributed by atoms with Crippen molar-refractivity contribution in [1.29, 1.82) is 0 Å². The van der Waals surface area contributed by atoms with Crippen LogP contribution in [-0.4, -0.2) is 24.0 Å². The van der Waals surface area contributed by atoms with Gasteiger partial charge in [0, 0.05) is 22.9 Å². The smallest absolute Gasteiger partial charge is 0.270 e. The van der Waals surface area contributed by atoms with E-state index in [2.05, 4.69) is 15.6 Å². The first-order chi connectivity index (χ1) is 12.2. The van der Waals surface area contributed by atoms with Gasteiger partial charge < -0.3 is 15.4 Å². The Hall–Kier alpha value is -2.27. The van der Waals surface area contributed by atoms with Gasteiger partial charge in [-0.1, -0.05) is 30.9 Å². The molecule has 1 aliphatic carbocycles. The van der Waals surface area contributed by atoms with Crippen molar-refractivity contribution < 1.29 is 9.53 Å². The number of halogens is 1. The number of amides is 1. The monoisotopic (exact) mass is 359 g/mol. The van der Waals surface area contributed by atoms with Crippen molar-refractivity contribution in [3.63, 3.8) is 0 Å². The molecular formula is C19H22ClN3O2. The fourth-order valence-corrected chi connectivity index (χ4v) is 3.24. The number of rotatable bonds is 5. The topological polar surface area (TPSA) is 63.2 Å². The zero-order valence-electron chi connectivity index (χ0n) is 14.2. The fourth-order valence-electron chi connectivity index (χ4n) is 3.07. The van der Waals surface area contributed by atoms with Gasteiger partial charge in [-0.2, -0.15) is 0 Å². The van der Waals surface area contributed by atoms with E-state index in [1.54, 1.807) is 43.6 Å². The third kappa shape index (κ3) is 4.63.